The van der Waals surface area contributed by atoms with Gasteiger partial charge in [0, 0.05) is 23.6 Å². The fourth-order valence-electron chi connectivity index (χ4n) is 1.97. The van der Waals surface area contributed by atoms with Gasteiger partial charge in [-0.1, -0.05) is 11.8 Å². The van der Waals surface area contributed by atoms with Crippen molar-refractivity contribution in [1.82, 2.24) is 5.32 Å². The SMILES string of the molecule is COC(=O)c1ccc(CC[C@@H](CNC(=O)OC(C)(C)C)SC(C)=O)s1. The quantitative estimate of drug-likeness (QED) is 0.719. The van der Waals surface area contributed by atoms with Crippen molar-refractivity contribution in [2.45, 2.75) is 51.4 Å². The lowest BCUT2D eigenvalue weighted by Gasteiger charge is -2.21. The monoisotopic (exact) mass is 387 g/mol. The molecule has 0 aliphatic carbocycles. The van der Waals surface area contributed by atoms with Crippen LogP contribution in [0.3, 0.4) is 0 Å². The summed E-state index contributed by atoms with van der Waals surface area (Å²) in [6, 6.07) is 3.62. The van der Waals surface area contributed by atoms with E-state index in [-0.39, 0.29) is 16.3 Å². The van der Waals surface area contributed by atoms with Gasteiger partial charge in [0.1, 0.15) is 10.5 Å². The molecule has 0 aliphatic rings. The second-order valence-electron chi connectivity index (χ2n) is 6.41. The third kappa shape index (κ3) is 8.92. The van der Waals surface area contributed by atoms with Crippen LogP contribution >= 0.6 is 23.1 Å². The van der Waals surface area contributed by atoms with E-state index in [1.165, 1.54) is 37.1 Å². The van der Waals surface area contributed by atoms with Crippen molar-refractivity contribution in [3.05, 3.63) is 21.9 Å². The number of hydrogen-bond donors (Lipinski definition) is 1. The number of nitrogens with one attached hydrogen (secondary N) is 1. The van der Waals surface area contributed by atoms with E-state index in [0.717, 1.165) is 4.88 Å². The zero-order valence-corrected chi connectivity index (χ0v) is 16.8. The lowest BCUT2D eigenvalue weighted by atomic mass is 10.2. The summed E-state index contributed by atoms with van der Waals surface area (Å²) < 4.78 is 9.90. The van der Waals surface area contributed by atoms with Crippen LogP contribution in [0.25, 0.3) is 0 Å². The predicted molar refractivity (Wildman–Crippen MR) is 100 cm³/mol. The van der Waals surface area contributed by atoms with Gasteiger partial charge in [-0.25, -0.2) is 9.59 Å². The Balaban J connectivity index is 2.55. The van der Waals surface area contributed by atoms with Crippen LogP contribution < -0.4 is 5.32 Å². The molecule has 8 heteroatoms. The molecule has 0 aliphatic heterocycles. The van der Waals surface area contributed by atoms with Crippen LogP contribution in [0.1, 0.15) is 48.7 Å². The van der Waals surface area contributed by atoms with Crippen LogP contribution in [0.15, 0.2) is 12.1 Å². The first-order valence-corrected chi connectivity index (χ1v) is 9.61. The van der Waals surface area contributed by atoms with Crippen LogP contribution in [0.5, 0.6) is 0 Å². The smallest absolute Gasteiger partial charge is 0.407 e. The van der Waals surface area contributed by atoms with E-state index >= 15 is 0 Å². The van der Waals surface area contributed by atoms with E-state index in [1.807, 2.05) is 6.07 Å². The number of aryl methyl sites for hydroxylation is 1. The molecule has 0 fully saturated rings. The highest BCUT2D eigenvalue weighted by atomic mass is 32.2. The Labute approximate surface area is 156 Å². The Morgan fingerprint density at radius 1 is 1.28 bits per heavy atom. The van der Waals surface area contributed by atoms with Gasteiger partial charge in [-0.05, 0) is 45.7 Å². The summed E-state index contributed by atoms with van der Waals surface area (Å²) in [6.07, 6.45) is 0.912. The van der Waals surface area contributed by atoms with Gasteiger partial charge in [0.15, 0.2) is 5.12 Å². The minimum atomic E-state index is -0.561. The molecule has 1 atom stereocenters. The standard InChI is InChI=1S/C17H25NO5S2/c1-11(19)24-13(10-18-16(21)23-17(2,3)4)7-6-12-8-9-14(25-12)15(20)22-5/h8-9,13H,6-7,10H2,1-5H3,(H,18,21)/t13-/m0/s1. The van der Waals surface area contributed by atoms with Gasteiger partial charge in [0.25, 0.3) is 0 Å². The Bertz CT molecular complexity index is 606. The third-order valence-electron chi connectivity index (χ3n) is 2.97. The summed E-state index contributed by atoms with van der Waals surface area (Å²) in [7, 11) is 1.35. The van der Waals surface area contributed by atoms with Crippen LogP contribution in [-0.2, 0) is 20.7 Å². The molecule has 1 aromatic rings. The second-order valence-corrected chi connectivity index (χ2v) is 9.06. The molecule has 1 amide bonds. The normalized spacial score (nSPS) is 12.4. The largest absolute Gasteiger partial charge is 0.465 e. The van der Waals surface area contributed by atoms with E-state index in [0.29, 0.717) is 24.3 Å². The molecule has 1 aromatic heterocycles. The summed E-state index contributed by atoms with van der Waals surface area (Å²) in [5.41, 5.74) is -0.561. The zero-order chi connectivity index (χ0) is 19.0. The first kappa shape index (κ1) is 21.5. The van der Waals surface area contributed by atoms with Crippen molar-refractivity contribution in [2.75, 3.05) is 13.7 Å². The summed E-state index contributed by atoms with van der Waals surface area (Å²) in [4.78, 5) is 36.3. The average molecular weight is 388 g/mol. The maximum atomic E-state index is 11.8. The number of alkyl carbamates (subject to hydrolysis) is 1. The Morgan fingerprint density at radius 3 is 2.52 bits per heavy atom. The Morgan fingerprint density at radius 2 is 1.96 bits per heavy atom. The number of esters is 1. The van der Waals surface area contributed by atoms with Gasteiger partial charge in [0.05, 0.1) is 7.11 Å². The van der Waals surface area contributed by atoms with Gasteiger partial charge >= 0.3 is 12.1 Å². The molecule has 6 nitrogen and oxygen atoms in total. The van der Waals surface area contributed by atoms with Gasteiger partial charge in [0.2, 0.25) is 0 Å². The molecule has 0 saturated heterocycles. The molecule has 1 N–H and O–H groups in total. The summed E-state index contributed by atoms with van der Waals surface area (Å²) >= 11 is 2.58. The van der Waals surface area contributed by atoms with Gasteiger partial charge in [-0.2, -0.15) is 0 Å². The molecule has 0 unspecified atom stereocenters. The number of thiophene rings is 1. The Hall–Kier alpha value is -1.54. The molecule has 0 bridgehead atoms. The van der Waals surface area contributed by atoms with Crippen molar-refractivity contribution in [2.24, 2.45) is 0 Å². The van der Waals surface area contributed by atoms with E-state index < -0.39 is 11.7 Å². The van der Waals surface area contributed by atoms with E-state index in [2.05, 4.69) is 5.32 Å². The van der Waals surface area contributed by atoms with Gasteiger partial charge in [-0.3, -0.25) is 4.79 Å². The number of thioether (sulfide) groups is 1. The fourth-order valence-corrected chi connectivity index (χ4v) is 3.79. The summed E-state index contributed by atoms with van der Waals surface area (Å²) in [5, 5.41) is 2.64. The van der Waals surface area contributed by atoms with Crippen LogP contribution in [-0.4, -0.2) is 41.7 Å². The topological polar surface area (TPSA) is 81.7 Å². The van der Waals surface area contributed by atoms with Crippen molar-refractivity contribution in [3.63, 3.8) is 0 Å². The number of ether oxygens (including phenoxy) is 2. The minimum Gasteiger partial charge on any atom is -0.465 e. The van der Waals surface area contributed by atoms with Crippen molar-refractivity contribution in [3.8, 4) is 0 Å². The molecule has 0 aromatic carbocycles. The Kier molecular flexibility index (Phi) is 8.44. The molecule has 1 rings (SSSR count). The number of amides is 1. The maximum absolute atomic E-state index is 11.8. The second kappa shape index (κ2) is 9.82. The van der Waals surface area contributed by atoms with Gasteiger partial charge in [-0.15, -0.1) is 11.3 Å². The highest BCUT2D eigenvalue weighted by Gasteiger charge is 2.19. The van der Waals surface area contributed by atoms with Crippen LogP contribution in [0, 0.1) is 0 Å². The van der Waals surface area contributed by atoms with Crippen molar-refractivity contribution >= 4 is 40.3 Å². The number of rotatable bonds is 7. The maximum Gasteiger partial charge on any atom is 0.407 e. The lowest BCUT2D eigenvalue weighted by molar-refractivity contribution is -0.109. The van der Waals surface area contributed by atoms with E-state index in [4.69, 9.17) is 9.47 Å². The number of carbonyl (C=O) groups excluding carboxylic acids is 3. The van der Waals surface area contributed by atoms with Crippen LogP contribution in [0.4, 0.5) is 4.79 Å². The van der Waals surface area contributed by atoms with E-state index in [1.54, 1.807) is 26.8 Å². The average Bonchev–Trinajstić information content (AvgIpc) is 2.96. The molecule has 25 heavy (non-hydrogen) atoms. The number of methoxy groups -OCH3 is 1. The highest BCUT2D eigenvalue weighted by Crippen LogP contribution is 2.23. The van der Waals surface area contributed by atoms with Gasteiger partial charge < -0.3 is 14.8 Å². The third-order valence-corrected chi connectivity index (χ3v) is 5.16. The first-order valence-electron chi connectivity index (χ1n) is 7.92. The molecule has 0 saturated carbocycles. The zero-order valence-electron chi connectivity index (χ0n) is 15.2. The van der Waals surface area contributed by atoms with Crippen molar-refractivity contribution in [1.29, 1.82) is 0 Å². The minimum absolute atomic E-state index is 0.00239. The predicted octanol–water partition coefficient (Wildman–Crippen LogP) is 3.64. The molecular weight excluding hydrogens is 362 g/mol. The first-order chi connectivity index (χ1) is 11.6. The van der Waals surface area contributed by atoms with Crippen molar-refractivity contribution < 1.29 is 23.9 Å². The molecule has 1 heterocycles. The molecular formula is C17H25NO5S2. The highest BCUT2D eigenvalue weighted by molar-refractivity contribution is 8.14. The number of carbonyl (C=O) groups is 3. The fraction of sp³-hybridized carbons (Fsp3) is 0.588. The number of hydrogen-bond acceptors (Lipinski definition) is 7. The van der Waals surface area contributed by atoms with Crippen LogP contribution in [0.2, 0.25) is 0 Å². The van der Waals surface area contributed by atoms with E-state index in [9.17, 15) is 14.4 Å². The molecule has 0 radical (unpaired) electrons. The summed E-state index contributed by atoms with van der Waals surface area (Å²) in [5.74, 6) is -0.350. The molecule has 0 spiro atoms. The molecule has 140 valence electrons. The summed E-state index contributed by atoms with van der Waals surface area (Å²) in [6.45, 7) is 7.23. The lowest BCUT2D eigenvalue weighted by Crippen LogP contribution is -2.36.